The van der Waals surface area contributed by atoms with Crippen LogP contribution in [0.25, 0.3) is 0 Å². The quantitative estimate of drug-likeness (QED) is 0.514. The number of carbonyl (C=O) groups is 1. The molecule has 0 unspecified atom stereocenters. The molecule has 6 heteroatoms. The van der Waals surface area contributed by atoms with Crippen LogP contribution in [0.3, 0.4) is 0 Å². The van der Waals surface area contributed by atoms with E-state index in [0.29, 0.717) is 6.61 Å². The zero-order valence-electron chi connectivity index (χ0n) is 14.4. The summed E-state index contributed by atoms with van der Waals surface area (Å²) in [6.45, 7) is 4.85. The van der Waals surface area contributed by atoms with Crippen LogP contribution in [0.2, 0.25) is 0 Å². The minimum Gasteiger partial charge on any atom is -0.493 e. The zero-order valence-corrected chi connectivity index (χ0v) is 16.0. The SMILES string of the molecule is CCCOc1ccc(Br)cc1/C=N\NC(=O)CNc1ccc(C)cc1. The fraction of sp³-hybridized carbons (Fsp3) is 0.263. The molecule has 0 bridgehead atoms. The average molecular weight is 404 g/mol. The smallest absolute Gasteiger partial charge is 0.259 e. The van der Waals surface area contributed by atoms with Crippen LogP contribution in [0.4, 0.5) is 5.69 Å². The molecule has 0 atom stereocenters. The van der Waals surface area contributed by atoms with Gasteiger partial charge in [-0.3, -0.25) is 4.79 Å². The number of rotatable bonds is 8. The van der Waals surface area contributed by atoms with Gasteiger partial charge in [0.1, 0.15) is 5.75 Å². The number of hydrogen-bond acceptors (Lipinski definition) is 4. The van der Waals surface area contributed by atoms with Crippen LogP contribution in [0.1, 0.15) is 24.5 Å². The normalized spacial score (nSPS) is 10.7. The summed E-state index contributed by atoms with van der Waals surface area (Å²) in [5.74, 6) is 0.517. The van der Waals surface area contributed by atoms with Crippen molar-refractivity contribution >= 4 is 33.7 Å². The van der Waals surface area contributed by atoms with Gasteiger partial charge in [0.2, 0.25) is 0 Å². The Morgan fingerprint density at radius 2 is 2.00 bits per heavy atom. The Morgan fingerprint density at radius 3 is 2.72 bits per heavy atom. The van der Waals surface area contributed by atoms with E-state index in [-0.39, 0.29) is 12.5 Å². The Labute approximate surface area is 156 Å². The molecule has 0 aliphatic carbocycles. The highest BCUT2D eigenvalue weighted by Crippen LogP contribution is 2.21. The second-order valence-corrected chi connectivity index (χ2v) is 6.46. The molecular weight excluding hydrogens is 382 g/mol. The summed E-state index contributed by atoms with van der Waals surface area (Å²) in [5.41, 5.74) is 5.38. The summed E-state index contributed by atoms with van der Waals surface area (Å²) >= 11 is 3.43. The number of hydrazone groups is 1. The van der Waals surface area contributed by atoms with Gasteiger partial charge in [-0.05, 0) is 43.7 Å². The van der Waals surface area contributed by atoms with Crippen LogP contribution in [-0.2, 0) is 4.79 Å². The molecule has 132 valence electrons. The second-order valence-electron chi connectivity index (χ2n) is 5.54. The maximum Gasteiger partial charge on any atom is 0.259 e. The summed E-state index contributed by atoms with van der Waals surface area (Å²) in [6.07, 6.45) is 2.51. The number of hydrogen-bond donors (Lipinski definition) is 2. The molecule has 0 saturated carbocycles. The minimum absolute atomic E-state index is 0.151. The third kappa shape index (κ3) is 6.58. The highest BCUT2D eigenvalue weighted by Gasteiger charge is 2.03. The number of aryl methyl sites for hydroxylation is 1. The van der Waals surface area contributed by atoms with Crippen LogP contribution in [0, 0.1) is 6.92 Å². The number of amides is 1. The van der Waals surface area contributed by atoms with Gasteiger partial charge in [-0.2, -0.15) is 5.10 Å². The standard InChI is InChI=1S/C19H22BrN3O2/c1-3-10-25-18-9-6-16(20)11-15(18)12-22-23-19(24)13-21-17-7-4-14(2)5-8-17/h4-9,11-12,21H,3,10,13H2,1-2H3,(H,23,24)/b22-12-. The van der Waals surface area contributed by atoms with E-state index in [2.05, 4.69) is 31.8 Å². The molecule has 25 heavy (non-hydrogen) atoms. The molecule has 5 nitrogen and oxygen atoms in total. The number of halogens is 1. The second kappa shape index (κ2) is 9.84. The summed E-state index contributed by atoms with van der Waals surface area (Å²) in [4.78, 5) is 11.9. The van der Waals surface area contributed by atoms with Gasteiger partial charge in [0.15, 0.2) is 0 Å². The van der Waals surface area contributed by atoms with Gasteiger partial charge < -0.3 is 10.1 Å². The molecule has 2 aromatic rings. The van der Waals surface area contributed by atoms with E-state index in [1.54, 1.807) is 6.21 Å². The molecule has 2 aromatic carbocycles. The highest BCUT2D eigenvalue weighted by molar-refractivity contribution is 9.10. The molecule has 0 aromatic heterocycles. The van der Waals surface area contributed by atoms with Gasteiger partial charge >= 0.3 is 0 Å². The number of anilines is 1. The third-order valence-corrected chi connectivity index (χ3v) is 3.82. The largest absolute Gasteiger partial charge is 0.493 e. The van der Waals surface area contributed by atoms with E-state index in [4.69, 9.17) is 4.74 Å². The van der Waals surface area contributed by atoms with Crippen molar-refractivity contribution < 1.29 is 9.53 Å². The van der Waals surface area contributed by atoms with Crippen molar-refractivity contribution in [2.45, 2.75) is 20.3 Å². The third-order valence-electron chi connectivity index (χ3n) is 3.33. The molecule has 0 fully saturated rings. The van der Waals surface area contributed by atoms with Crippen molar-refractivity contribution in [3.8, 4) is 5.75 Å². The van der Waals surface area contributed by atoms with Crippen LogP contribution >= 0.6 is 15.9 Å². The predicted octanol–water partition coefficient (Wildman–Crippen LogP) is 4.11. The Bertz CT molecular complexity index is 730. The van der Waals surface area contributed by atoms with E-state index in [1.807, 2.05) is 56.3 Å². The van der Waals surface area contributed by atoms with Crippen LogP contribution in [0.5, 0.6) is 5.75 Å². The van der Waals surface area contributed by atoms with Gasteiger partial charge in [-0.1, -0.05) is 40.5 Å². The first-order valence-electron chi connectivity index (χ1n) is 8.13. The zero-order chi connectivity index (χ0) is 18.1. The molecule has 2 rings (SSSR count). The molecule has 0 radical (unpaired) electrons. The minimum atomic E-state index is -0.220. The lowest BCUT2D eigenvalue weighted by Gasteiger charge is -2.08. The number of benzene rings is 2. The van der Waals surface area contributed by atoms with Gasteiger partial charge in [0.05, 0.1) is 19.4 Å². The number of nitrogens with zero attached hydrogens (tertiary/aromatic N) is 1. The topological polar surface area (TPSA) is 62.7 Å². The van der Waals surface area contributed by atoms with Crippen LogP contribution < -0.4 is 15.5 Å². The first-order valence-corrected chi connectivity index (χ1v) is 8.92. The van der Waals surface area contributed by atoms with E-state index in [0.717, 1.165) is 27.9 Å². The lowest BCUT2D eigenvalue weighted by Crippen LogP contribution is -2.25. The number of ether oxygens (including phenoxy) is 1. The van der Waals surface area contributed by atoms with E-state index >= 15 is 0 Å². The highest BCUT2D eigenvalue weighted by atomic mass is 79.9. The maximum atomic E-state index is 11.9. The molecule has 0 aliphatic heterocycles. The van der Waals surface area contributed by atoms with Gasteiger partial charge in [0.25, 0.3) is 5.91 Å². The monoisotopic (exact) mass is 403 g/mol. The summed E-state index contributed by atoms with van der Waals surface area (Å²) < 4.78 is 6.60. The Kier molecular flexibility index (Phi) is 7.47. The van der Waals surface area contributed by atoms with Crippen LogP contribution in [-0.4, -0.2) is 25.3 Å². The van der Waals surface area contributed by atoms with Gasteiger partial charge in [-0.25, -0.2) is 5.43 Å². The summed E-state index contributed by atoms with van der Waals surface area (Å²) in [6, 6.07) is 13.5. The fourth-order valence-corrected chi connectivity index (χ4v) is 2.41. The van der Waals surface area contributed by atoms with Gasteiger partial charge in [0, 0.05) is 15.7 Å². The van der Waals surface area contributed by atoms with Crippen molar-refractivity contribution in [1.29, 1.82) is 0 Å². The van der Waals surface area contributed by atoms with E-state index in [1.165, 1.54) is 5.56 Å². The lowest BCUT2D eigenvalue weighted by molar-refractivity contribution is -0.119. The molecule has 0 saturated heterocycles. The van der Waals surface area contributed by atoms with Crippen molar-refractivity contribution in [3.63, 3.8) is 0 Å². The average Bonchev–Trinajstić information content (AvgIpc) is 2.60. The predicted molar refractivity (Wildman–Crippen MR) is 105 cm³/mol. The Hall–Kier alpha value is -2.34. The molecule has 0 aliphatic rings. The molecule has 1 amide bonds. The van der Waals surface area contributed by atoms with Gasteiger partial charge in [-0.15, -0.1) is 0 Å². The fourth-order valence-electron chi connectivity index (χ4n) is 2.03. The van der Waals surface area contributed by atoms with Crippen molar-refractivity contribution in [1.82, 2.24) is 5.43 Å². The molecule has 0 spiro atoms. The molecule has 2 N–H and O–H groups in total. The van der Waals surface area contributed by atoms with E-state index in [9.17, 15) is 4.79 Å². The van der Waals surface area contributed by atoms with Crippen molar-refractivity contribution in [2.24, 2.45) is 5.10 Å². The number of carbonyl (C=O) groups excluding carboxylic acids is 1. The maximum absolute atomic E-state index is 11.9. The molecule has 0 heterocycles. The number of nitrogens with one attached hydrogen (secondary N) is 2. The van der Waals surface area contributed by atoms with Crippen molar-refractivity contribution in [2.75, 3.05) is 18.5 Å². The van der Waals surface area contributed by atoms with Crippen molar-refractivity contribution in [3.05, 3.63) is 58.1 Å². The lowest BCUT2D eigenvalue weighted by atomic mass is 10.2. The molecular formula is C19H22BrN3O2. The Balaban J connectivity index is 1.88. The first-order chi connectivity index (χ1) is 12.1. The van der Waals surface area contributed by atoms with Crippen LogP contribution in [0.15, 0.2) is 52.0 Å². The van der Waals surface area contributed by atoms with E-state index < -0.39 is 0 Å². The Morgan fingerprint density at radius 1 is 1.24 bits per heavy atom. The summed E-state index contributed by atoms with van der Waals surface area (Å²) in [7, 11) is 0. The summed E-state index contributed by atoms with van der Waals surface area (Å²) in [5, 5.41) is 7.06. The first kappa shape index (κ1) is 19.0.